The fraction of sp³-hybridized carbons (Fsp3) is 0.150. The maximum absolute atomic E-state index is 12.7. The lowest BCUT2D eigenvalue weighted by atomic mass is 9.99. The van der Waals surface area contributed by atoms with Gasteiger partial charge in [-0.1, -0.05) is 60.2 Å². The number of aryl methyl sites for hydroxylation is 1. The molecule has 0 saturated heterocycles. The number of rotatable bonds is 3. The monoisotopic (exact) mass is 304 g/mol. The molecule has 0 saturated carbocycles. The molecule has 1 atom stereocenters. The van der Waals surface area contributed by atoms with Crippen molar-refractivity contribution in [3.63, 3.8) is 0 Å². The molecule has 3 heteroatoms. The highest BCUT2D eigenvalue weighted by atomic mass is 16.1. The third-order valence-electron chi connectivity index (χ3n) is 4.17. The average molecular weight is 304 g/mol. The fourth-order valence-electron chi connectivity index (χ4n) is 2.74. The Kier molecular flexibility index (Phi) is 4.13. The summed E-state index contributed by atoms with van der Waals surface area (Å²) in [5.41, 5.74) is 10.9. The van der Waals surface area contributed by atoms with Crippen LogP contribution in [-0.2, 0) is 7.05 Å². The molecule has 3 rings (SSSR count). The first-order valence-electron chi connectivity index (χ1n) is 7.65. The van der Waals surface area contributed by atoms with Gasteiger partial charge in [0.15, 0.2) is 0 Å². The lowest BCUT2D eigenvalue weighted by molar-refractivity contribution is 0.790. The molecule has 1 unspecified atom stereocenters. The van der Waals surface area contributed by atoms with E-state index in [0.29, 0.717) is 5.56 Å². The van der Waals surface area contributed by atoms with Gasteiger partial charge < -0.3 is 10.3 Å². The molecular weight excluding hydrogens is 284 g/mol. The van der Waals surface area contributed by atoms with Crippen molar-refractivity contribution >= 4 is 0 Å². The zero-order chi connectivity index (χ0) is 16.4. The standard InChI is InChI=1S/C20H20N2O/c1-14-8-10-16(11-9-14)19(21)17-12-13-18(22(2)20(17)23)15-6-4-3-5-7-15/h3-13,19H,21H2,1-2H3. The summed E-state index contributed by atoms with van der Waals surface area (Å²) in [5.74, 6) is 0. The first kappa shape index (κ1) is 15.3. The Morgan fingerprint density at radius 2 is 1.57 bits per heavy atom. The van der Waals surface area contributed by atoms with E-state index in [1.54, 1.807) is 11.6 Å². The second-order valence-corrected chi connectivity index (χ2v) is 5.79. The summed E-state index contributed by atoms with van der Waals surface area (Å²) in [6.45, 7) is 2.03. The van der Waals surface area contributed by atoms with E-state index >= 15 is 0 Å². The minimum atomic E-state index is -0.417. The predicted octanol–water partition coefficient (Wildman–Crippen LogP) is 3.41. The summed E-state index contributed by atoms with van der Waals surface area (Å²) in [6.07, 6.45) is 0. The zero-order valence-electron chi connectivity index (χ0n) is 13.4. The molecule has 23 heavy (non-hydrogen) atoms. The van der Waals surface area contributed by atoms with Gasteiger partial charge in [-0.25, -0.2) is 0 Å². The normalized spacial score (nSPS) is 12.1. The first-order valence-corrected chi connectivity index (χ1v) is 7.65. The minimum absolute atomic E-state index is 0.0561. The maximum atomic E-state index is 12.7. The number of hydrogen-bond donors (Lipinski definition) is 1. The Hall–Kier alpha value is -2.65. The third kappa shape index (κ3) is 2.96. The van der Waals surface area contributed by atoms with Gasteiger partial charge in [-0.05, 0) is 30.2 Å². The summed E-state index contributed by atoms with van der Waals surface area (Å²) in [5, 5.41) is 0. The van der Waals surface area contributed by atoms with Crippen LogP contribution in [0, 0.1) is 6.92 Å². The number of pyridine rings is 1. The topological polar surface area (TPSA) is 48.0 Å². The van der Waals surface area contributed by atoms with Gasteiger partial charge in [-0.3, -0.25) is 4.79 Å². The molecule has 3 aromatic rings. The van der Waals surface area contributed by atoms with E-state index in [9.17, 15) is 4.79 Å². The Morgan fingerprint density at radius 3 is 2.22 bits per heavy atom. The molecule has 0 bridgehead atoms. The molecule has 0 spiro atoms. The van der Waals surface area contributed by atoms with Gasteiger partial charge in [-0.15, -0.1) is 0 Å². The van der Waals surface area contributed by atoms with E-state index in [1.165, 1.54) is 5.56 Å². The van der Waals surface area contributed by atoms with Crippen LogP contribution in [0.3, 0.4) is 0 Å². The van der Waals surface area contributed by atoms with E-state index in [4.69, 9.17) is 5.73 Å². The maximum Gasteiger partial charge on any atom is 0.255 e. The van der Waals surface area contributed by atoms with E-state index in [-0.39, 0.29) is 5.56 Å². The van der Waals surface area contributed by atoms with Crippen LogP contribution in [0.5, 0.6) is 0 Å². The van der Waals surface area contributed by atoms with Crippen LogP contribution in [0.4, 0.5) is 0 Å². The average Bonchev–Trinajstić information content (AvgIpc) is 2.58. The van der Waals surface area contributed by atoms with Crippen molar-refractivity contribution in [3.8, 4) is 11.3 Å². The molecule has 0 radical (unpaired) electrons. The molecule has 1 aromatic heterocycles. The van der Waals surface area contributed by atoms with Gasteiger partial charge in [-0.2, -0.15) is 0 Å². The van der Waals surface area contributed by atoms with Crippen molar-refractivity contribution in [2.24, 2.45) is 12.8 Å². The second kappa shape index (κ2) is 6.23. The van der Waals surface area contributed by atoms with Crippen molar-refractivity contribution in [2.45, 2.75) is 13.0 Å². The molecule has 0 amide bonds. The van der Waals surface area contributed by atoms with Gasteiger partial charge in [0, 0.05) is 12.6 Å². The number of aromatic nitrogens is 1. The quantitative estimate of drug-likeness (QED) is 0.806. The summed E-state index contributed by atoms with van der Waals surface area (Å²) in [6, 6.07) is 21.2. The highest BCUT2D eigenvalue weighted by Gasteiger charge is 2.15. The van der Waals surface area contributed by atoms with E-state index in [0.717, 1.165) is 16.8 Å². The van der Waals surface area contributed by atoms with Crippen molar-refractivity contribution in [3.05, 3.63) is 93.8 Å². The van der Waals surface area contributed by atoms with E-state index < -0.39 is 6.04 Å². The van der Waals surface area contributed by atoms with Crippen molar-refractivity contribution in [1.82, 2.24) is 4.57 Å². The largest absolute Gasteiger partial charge is 0.320 e. The first-order chi connectivity index (χ1) is 11.1. The Balaban J connectivity index is 2.04. The van der Waals surface area contributed by atoms with Gasteiger partial charge >= 0.3 is 0 Å². The summed E-state index contributed by atoms with van der Waals surface area (Å²) in [4.78, 5) is 12.7. The smallest absolute Gasteiger partial charge is 0.255 e. The summed E-state index contributed by atoms with van der Waals surface area (Å²) in [7, 11) is 1.79. The predicted molar refractivity (Wildman–Crippen MR) is 94.3 cm³/mol. The van der Waals surface area contributed by atoms with Crippen LogP contribution in [0.15, 0.2) is 71.5 Å². The summed E-state index contributed by atoms with van der Waals surface area (Å²) < 4.78 is 1.67. The number of hydrogen-bond acceptors (Lipinski definition) is 2. The molecule has 1 heterocycles. The molecule has 3 nitrogen and oxygen atoms in total. The third-order valence-corrected chi connectivity index (χ3v) is 4.17. The minimum Gasteiger partial charge on any atom is -0.320 e. The molecule has 0 fully saturated rings. The van der Waals surface area contributed by atoms with Crippen LogP contribution < -0.4 is 11.3 Å². The van der Waals surface area contributed by atoms with Gasteiger partial charge in [0.2, 0.25) is 0 Å². The SMILES string of the molecule is Cc1ccc(C(N)c2ccc(-c3ccccc3)n(C)c2=O)cc1. The Morgan fingerprint density at radius 1 is 0.913 bits per heavy atom. The highest BCUT2D eigenvalue weighted by molar-refractivity contribution is 5.59. The van der Waals surface area contributed by atoms with Crippen LogP contribution in [0.1, 0.15) is 22.7 Å². The molecule has 0 aliphatic carbocycles. The van der Waals surface area contributed by atoms with E-state index in [2.05, 4.69) is 0 Å². The van der Waals surface area contributed by atoms with Crippen molar-refractivity contribution < 1.29 is 0 Å². The Labute approximate surface area is 136 Å². The van der Waals surface area contributed by atoms with Gasteiger partial charge in [0.1, 0.15) is 0 Å². The number of nitrogens with zero attached hydrogens (tertiary/aromatic N) is 1. The molecule has 116 valence electrons. The molecule has 2 N–H and O–H groups in total. The second-order valence-electron chi connectivity index (χ2n) is 5.79. The highest BCUT2D eigenvalue weighted by Crippen LogP contribution is 2.21. The summed E-state index contributed by atoms with van der Waals surface area (Å²) >= 11 is 0. The molecular formula is C20H20N2O. The van der Waals surface area contributed by atoms with Crippen LogP contribution in [0.2, 0.25) is 0 Å². The van der Waals surface area contributed by atoms with Crippen molar-refractivity contribution in [2.75, 3.05) is 0 Å². The zero-order valence-corrected chi connectivity index (χ0v) is 13.4. The molecule has 0 aliphatic rings. The van der Waals surface area contributed by atoms with Crippen molar-refractivity contribution in [1.29, 1.82) is 0 Å². The van der Waals surface area contributed by atoms with Crippen LogP contribution in [-0.4, -0.2) is 4.57 Å². The van der Waals surface area contributed by atoms with Crippen LogP contribution >= 0.6 is 0 Å². The van der Waals surface area contributed by atoms with E-state index in [1.807, 2.05) is 73.7 Å². The molecule has 2 aromatic carbocycles. The van der Waals surface area contributed by atoms with Gasteiger partial charge in [0.05, 0.1) is 11.7 Å². The van der Waals surface area contributed by atoms with Gasteiger partial charge in [0.25, 0.3) is 5.56 Å². The fourth-order valence-corrected chi connectivity index (χ4v) is 2.74. The molecule has 0 aliphatic heterocycles. The van der Waals surface area contributed by atoms with Crippen LogP contribution in [0.25, 0.3) is 11.3 Å². The Bertz CT molecular complexity index is 864. The lowest BCUT2D eigenvalue weighted by Gasteiger charge is -2.15. The number of nitrogens with two attached hydrogens (primary N) is 1. The lowest BCUT2D eigenvalue weighted by Crippen LogP contribution is -2.28. The number of benzene rings is 2.